The number of ether oxygens (including phenoxy) is 1. The molecular formula is C12H16ClNO3. The Morgan fingerprint density at radius 2 is 2.24 bits per heavy atom. The molecule has 0 amide bonds. The summed E-state index contributed by atoms with van der Waals surface area (Å²) < 4.78 is 5.21. The van der Waals surface area contributed by atoms with Crippen LogP contribution in [0.1, 0.15) is 12.5 Å². The highest BCUT2D eigenvalue weighted by atomic mass is 35.5. The highest BCUT2D eigenvalue weighted by Crippen LogP contribution is 2.24. The fourth-order valence-electron chi connectivity index (χ4n) is 1.46. The van der Waals surface area contributed by atoms with Crippen molar-refractivity contribution in [3.8, 4) is 5.75 Å². The van der Waals surface area contributed by atoms with Crippen molar-refractivity contribution in [1.29, 1.82) is 0 Å². The number of carboxylic acids is 1. The molecule has 1 N–H and O–H groups in total. The second-order valence-corrected chi connectivity index (χ2v) is 4.32. The second kappa shape index (κ2) is 5.89. The number of carbonyl (C=O) groups is 1. The molecule has 4 nitrogen and oxygen atoms in total. The fraction of sp³-hybridized carbons (Fsp3) is 0.417. The normalized spacial score (nSPS) is 12.5. The third kappa shape index (κ3) is 3.61. The number of likely N-dealkylation sites (N-methyl/N-ethyl adjacent to an activating group) is 1. The van der Waals surface area contributed by atoms with Crippen LogP contribution in [-0.2, 0) is 11.3 Å². The molecular weight excluding hydrogens is 242 g/mol. The van der Waals surface area contributed by atoms with E-state index in [2.05, 4.69) is 0 Å². The summed E-state index contributed by atoms with van der Waals surface area (Å²) in [6.07, 6.45) is 0. The molecule has 5 heteroatoms. The number of nitrogens with zero attached hydrogens (tertiary/aromatic N) is 1. The van der Waals surface area contributed by atoms with Gasteiger partial charge in [-0.05, 0) is 32.2 Å². The van der Waals surface area contributed by atoms with Gasteiger partial charge in [-0.25, -0.2) is 0 Å². The number of benzene rings is 1. The predicted octanol–water partition coefficient (Wildman–Crippen LogP) is 2.25. The Hall–Kier alpha value is -1.26. The zero-order chi connectivity index (χ0) is 13.0. The van der Waals surface area contributed by atoms with Crippen LogP contribution < -0.4 is 4.74 Å². The topological polar surface area (TPSA) is 49.8 Å². The molecule has 1 aromatic carbocycles. The lowest BCUT2D eigenvalue weighted by atomic mass is 10.1. The summed E-state index contributed by atoms with van der Waals surface area (Å²) in [5.41, 5.74) is 0.871. The molecule has 1 unspecified atom stereocenters. The van der Waals surface area contributed by atoms with E-state index >= 15 is 0 Å². The predicted molar refractivity (Wildman–Crippen MR) is 66.6 cm³/mol. The van der Waals surface area contributed by atoms with Crippen LogP contribution in [0.4, 0.5) is 0 Å². The Balaban J connectivity index is 2.86. The highest BCUT2D eigenvalue weighted by Gasteiger charge is 2.18. The molecule has 1 aromatic rings. The summed E-state index contributed by atoms with van der Waals surface area (Å²) in [5, 5.41) is 9.52. The van der Waals surface area contributed by atoms with E-state index < -0.39 is 12.0 Å². The number of methoxy groups -OCH3 is 1. The van der Waals surface area contributed by atoms with Gasteiger partial charge in [-0.1, -0.05) is 11.6 Å². The van der Waals surface area contributed by atoms with Gasteiger partial charge in [0.15, 0.2) is 0 Å². The summed E-state index contributed by atoms with van der Waals surface area (Å²) >= 11 is 5.91. The van der Waals surface area contributed by atoms with Crippen molar-refractivity contribution >= 4 is 17.6 Å². The van der Waals surface area contributed by atoms with Crippen molar-refractivity contribution in [2.75, 3.05) is 14.2 Å². The van der Waals surface area contributed by atoms with Crippen LogP contribution in [0.15, 0.2) is 18.2 Å². The Labute approximate surface area is 106 Å². The summed E-state index contributed by atoms with van der Waals surface area (Å²) in [6.45, 7) is 2.11. The van der Waals surface area contributed by atoms with Crippen molar-refractivity contribution in [3.63, 3.8) is 0 Å². The third-order valence-corrected chi connectivity index (χ3v) is 2.92. The molecule has 17 heavy (non-hydrogen) atoms. The first-order valence-electron chi connectivity index (χ1n) is 5.21. The van der Waals surface area contributed by atoms with Gasteiger partial charge >= 0.3 is 5.97 Å². The van der Waals surface area contributed by atoms with Gasteiger partial charge in [-0.15, -0.1) is 0 Å². The number of hydrogen-bond acceptors (Lipinski definition) is 3. The average molecular weight is 258 g/mol. The van der Waals surface area contributed by atoms with Crippen LogP contribution in [0.3, 0.4) is 0 Å². The van der Waals surface area contributed by atoms with Crippen molar-refractivity contribution in [2.45, 2.75) is 19.5 Å². The van der Waals surface area contributed by atoms with Gasteiger partial charge in [0.2, 0.25) is 0 Å². The smallest absolute Gasteiger partial charge is 0.320 e. The van der Waals surface area contributed by atoms with Gasteiger partial charge in [0.05, 0.1) is 7.11 Å². The summed E-state index contributed by atoms with van der Waals surface area (Å²) in [4.78, 5) is 12.6. The summed E-state index contributed by atoms with van der Waals surface area (Å²) in [5.74, 6) is -0.146. The molecule has 0 aliphatic carbocycles. The standard InChI is InChI=1S/C12H16ClNO3/c1-8(12(15)16)14(2)7-9-6-10(13)4-5-11(9)17-3/h4-6,8H,7H2,1-3H3,(H,15,16). The van der Waals surface area contributed by atoms with Gasteiger partial charge in [0.1, 0.15) is 11.8 Å². The van der Waals surface area contributed by atoms with E-state index in [1.165, 1.54) is 0 Å². The van der Waals surface area contributed by atoms with Crippen LogP contribution in [-0.4, -0.2) is 36.2 Å². The summed E-state index contributed by atoms with van der Waals surface area (Å²) in [6, 6.07) is 4.74. The van der Waals surface area contributed by atoms with Gasteiger partial charge in [0.25, 0.3) is 0 Å². The van der Waals surface area contributed by atoms with E-state index in [1.54, 1.807) is 44.2 Å². The number of halogens is 1. The van der Waals surface area contributed by atoms with Crippen LogP contribution in [0.25, 0.3) is 0 Å². The number of hydrogen-bond donors (Lipinski definition) is 1. The first kappa shape index (κ1) is 13.8. The quantitative estimate of drug-likeness (QED) is 0.879. The first-order chi connectivity index (χ1) is 7.95. The van der Waals surface area contributed by atoms with Gasteiger partial charge in [-0.3, -0.25) is 9.69 Å². The van der Waals surface area contributed by atoms with E-state index in [0.717, 1.165) is 5.56 Å². The van der Waals surface area contributed by atoms with E-state index in [1.807, 2.05) is 0 Å². The number of carboxylic acid groups (broad SMARTS) is 1. The van der Waals surface area contributed by atoms with E-state index in [-0.39, 0.29) is 0 Å². The Bertz CT molecular complexity index is 409. The zero-order valence-corrected chi connectivity index (χ0v) is 10.9. The van der Waals surface area contributed by atoms with E-state index in [9.17, 15) is 4.79 Å². The Morgan fingerprint density at radius 3 is 2.76 bits per heavy atom. The minimum absolute atomic E-state index is 0.469. The Morgan fingerprint density at radius 1 is 1.59 bits per heavy atom. The lowest BCUT2D eigenvalue weighted by molar-refractivity contribution is -0.142. The monoisotopic (exact) mass is 257 g/mol. The highest BCUT2D eigenvalue weighted by molar-refractivity contribution is 6.30. The Kier molecular flexibility index (Phi) is 4.78. The second-order valence-electron chi connectivity index (χ2n) is 3.89. The molecule has 0 fully saturated rings. The number of rotatable bonds is 5. The minimum atomic E-state index is -0.853. The van der Waals surface area contributed by atoms with Crippen LogP contribution in [0.2, 0.25) is 5.02 Å². The summed E-state index contributed by atoms with van der Waals surface area (Å²) in [7, 11) is 3.33. The van der Waals surface area contributed by atoms with Crippen molar-refractivity contribution < 1.29 is 14.6 Å². The molecule has 1 atom stereocenters. The van der Waals surface area contributed by atoms with Crippen molar-refractivity contribution in [3.05, 3.63) is 28.8 Å². The third-order valence-electron chi connectivity index (χ3n) is 2.68. The molecule has 0 bridgehead atoms. The number of aliphatic carboxylic acids is 1. The van der Waals surface area contributed by atoms with E-state index in [4.69, 9.17) is 21.4 Å². The van der Waals surface area contributed by atoms with Gasteiger partial charge < -0.3 is 9.84 Å². The molecule has 0 radical (unpaired) electrons. The zero-order valence-electron chi connectivity index (χ0n) is 10.1. The van der Waals surface area contributed by atoms with Gasteiger partial charge in [-0.2, -0.15) is 0 Å². The lowest BCUT2D eigenvalue weighted by Crippen LogP contribution is -2.35. The largest absolute Gasteiger partial charge is 0.496 e. The van der Waals surface area contributed by atoms with Gasteiger partial charge in [0, 0.05) is 17.1 Å². The molecule has 0 aromatic heterocycles. The minimum Gasteiger partial charge on any atom is -0.496 e. The molecule has 0 saturated heterocycles. The molecule has 1 rings (SSSR count). The van der Waals surface area contributed by atoms with Crippen LogP contribution in [0, 0.1) is 0 Å². The van der Waals surface area contributed by atoms with Crippen LogP contribution >= 0.6 is 11.6 Å². The maximum absolute atomic E-state index is 10.9. The van der Waals surface area contributed by atoms with Crippen LogP contribution in [0.5, 0.6) is 5.75 Å². The fourth-order valence-corrected chi connectivity index (χ4v) is 1.66. The molecule has 94 valence electrons. The van der Waals surface area contributed by atoms with E-state index in [0.29, 0.717) is 17.3 Å². The maximum atomic E-state index is 10.9. The molecule has 0 heterocycles. The lowest BCUT2D eigenvalue weighted by Gasteiger charge is -2.22. The molecule has 0 spiro atoms. The van der Waals surface area contributed by atoms with Crippen molar-refractivity contribution in [2.24, 2.45) is 0 Å². The van der Waals surface area contributed by atoms with Crippen molar-refractivity contribution in [1.82, 2.24) is 4.90 Å². The first-order valence-corrected chi connectivity index (χ1v) is 5.59. The maximum Gasteiger partial charge on any atom is 0.320 e. The molecule has 0 aliphatic heterocycles. The SMILES string of the molecule is COc1ccc(Cl)cc1CN(C)C(C)C(=O)O. The molecule has 0 aliphatic rings. The average Bonchev–Trinajstić information content (AvgIpc) is 2.28. The molecule has 0 saturated carbocycles.